The zero-order valence-corrected chi connectivity index (χ0v) is 15.3. The van der Waals surface area contributed by atoms with Crippen LogP contribution in [-0.4, -0.2) is 31.6 Å². The van der Waals surface area contributed by atoms with Crippen molar-refractivity contribution in [3.63, 3.8) is 0 Å². The highest BCUT2D eigenvalue weighted by Gasteiger charge is 2.23. The molecule has 0 unspecified atom stereocenters. The Morgan fingerprint density at radius 1 is 1.26 bits per heavy atom. The largest absolute Gasteiger partial charge is 0.340 e. The fraction of sp³-hybridized carbons (Fsp3) is 0.421. The van der Waals surface area contributed by atoms with Gasteiger partial charge in [-0.3, -0.25) is 4.90 Å². The van der Waals surface area contributed by atoms with Crippen LogP contribution in [0.4, 0.5) is 8.78 Å². The second-order valence-corrected chi connectivity index (χ2v) is 7.30. The van der Waals surface area contributed by atoms with Crippen molar-refractivity contribution in [3.05, 3.63) is 52.9 Å². The van der Waals surface area contributed by atoms with Crippen LogP contribution in [0.5, 0.6) is 0 Å². The maximum absolute atomic E-state index is 14.0. The quantitative estimate of drug-likeness (QED) is 0.741. The van der Waals surface area contributed by atoms with Crippen LogP contribution in [-0.2, 0) is 25.9 Å². The molecular formula is C19H21F2N5O. The molecule has 1 aromatic carbocycles. The van der Waals surface area contributed by atoms with Crippen LogP contribution < -0.4 is 0 Å². The van der Waals surface area contributed by atoms with E-state index in [1.165, 1.54) is 12.1 Å². The molecule has 0 spiro atoms. The van der Waals surface area contributed by atoms with Crippen molar-refractivity contribution in [1.29, 1.82) is 0 Å². The van der Waals surface area contributed by atoms with E-state index >= 15 is 0 Å². The lowest BCUT2D eigenvalue weighted by atomic mass is 10.1. The van der Waals surface area contributed by atoms with Crippen LogP contribution in [0.15, 0.2) is 22.7 Å². The van der Waals surface area contributed by atoms with Crippen molar-refractivity contribution in [2.45, 2.75) is 39.8 Å². The van der Waals surface area contributed by atoms with Crippen LogP contribution in [0.25, 0.3) is 11.4 Å². The van der Waals surface area contributed by atoms with E-state index in [4.69, 9.17) is 4.52 Å². The van der Waals surface area contributed by atoms with Gasteiger partial charge >= 0.3 is 0 Å². The van der Waals surface area contributed by atoms with Crippen LogP contribution in [0, 0.1) is 17.6 Å². The van der Waals surface area contributed by atoms with Gasteiger partial charge in [0.1, 0.15) is 17.5 Å². The molecule has 0 saturated carbocycles. The van der Waals surface area contributed by atoms with Crippen molar-refractivity contribution in [2.75, 3.05) is 6.54 Å². The lowest BCUT2D eigenvalue weighted by Crippen LogP contribution is -2.30. The Hall–Kier alpha value is -2.61. The highest BCUT2D eigenvalue weighted by atomic mass is 19.1. The number of imidazole rings is 1. The molecule has 142 valence electrons. The summed E-state index contributed by atoms with van der Waals surface area (Å²) in [6.45, 7) is 6.24. The Bertz CT molecular complexity index is 949. The topological polar surface area (TPSA) is 70.8 Å². The van der Waals surface area contributed by atoms with E-state index in [9.17, 15) is 8.78 Å². The first-order valence-corrected chi connectivity index (χ1v) is 9.05. The van der Waals surface area contributed by atoms with Gasteiger partial charge in [-0.05, 0) is 18.1 Å². The van der Waals surface area contributed by atoms with Gasteiger partial charge in [0, 0.05) is 32.0 Å². The SMILES string of the molecule is CC(C)Cc1nc(CN2CCc3nc(-c4ccc(F)cc4F)[nH]c3C2)no1. The number of hydrogen-bond donors (Lipinski definition) is 1. The lowest BCUT2D eigenvalue weighted by molar-refractivity contribution is 0.231. The molecule has 6 nitrogen and oxygen atoms in total. The van der Waals surface area contributed by atoms with Gasteiger partial charge in [-0.2, -0.15) is 4.98 Å². The number of H-pyrrole nitrogens is 1. The standard InChI is InChI=1S/C19H21F2N5O/c1-11(2)7-18-24-17(25-27-18)10-26-6-5-15-16(9-26)23-19(22-15)13-4-3-12(20)8-14(13)21/h3-4,8,11H,5-7,9-10H2,1-2H3,(H,22,23). The Morgan fingerprint density at radius 2 is 2.11 bits per heavy atom. The molecule has 3 heterocycles. The molecule has 1 aliphatic rings. The zero-order chi connectivity index (χ0) is 19.0. The smallest absolute Gasteiger partial charge is 0.226 e. The summed E-state index contributed by atoms with van der Waals surface area (Å²) in [4.78, 5) is 14.3. The molecule has 8 heteroatoms. The first kappa shape index (κ1) is 17.8. The number of hydrogen-bond acceptors (Lipinski definition) is 5. The third-order valence-electron chi connectivity index (χ3n) is 4.56. The van der Waals surface area contributed by atoms with Gasteiger partial charge < -0.3 is 9.51 Å². The predicted octanol–water partition coefficient (Wildman–Crippen LogP) is 3.49. The molecule has 2 aromatic heterocycles. The van der Waals surface area contributed by atoms with Crippen molar-refractivity contribution in [2.24, 2.45) is 5.92 Å². The summed E-state index contributed by atoms with van der Waals surface area (Å²) in [5.41, 5.74) is 2.12. The van der Waals surface area contributed by atoms with Gasteiger partial charge in [0.2, 0.25) is 5.89 Å². The number of rotatable bonds is 5. The fourth-order valence-electron chi connectivity index (χ4n) is 3.28. The van der Waals surface area contributed by atoms with Gasteiger partial charge in [0.25, 0.3) is 0 Å². The third kappa shape index (κ3) is 3.90. The number of fused-ring (bicyclic) bond motifs is 1. The van der Waals surface area contributed by atoms with Gasteiger partial charge in [-0.1, -0.05) is 19.0 Å². The summed E-state index contributed by atoms with van der Waals surface area (Å²) in [5, 5.41) is 4.05. The van der Waals surface area contributed by atoms with E-state index in [0.717, 1.165) is 36.8 Å². The summed E-state index contributed by atoms with van der Waals surface area (Å²) in [6, 6.07) is 3.51. The summed E-state index contributed by atoms with van der Waals surface area (Å²) < 4.78 is 32.4. The number of nitrogens with one attached hydrogen (secondary N) is 1. The highest BCUT2D eigenvalue weighted by molar-refractivity contribution is 5.57. The fourth-order valence-corrected chi connectivity index (χ4v) is 3.28. The van der Waals surface area contributed by atoms with E-state index in [1.54, 1.807) is 0 Å². The van der Waals surface area contributed by atoms with Crippen LogP contribution in [0.3, 0.4) is 0 Å². The molecule has 3 aromatic rings. The molecule has 0 bridgehead atoms. The van der Waals surface area contributed by atoms with Gasteiger partial charge in [0.15, 0.2) is 5.82 Å². The van der Waals surface area contributed by atoms with Gasteiger partial charge in [-0.15, -0.1) is 0 Å². The zero-order valence-electron chi connectivity index (χ0n) is 15.3. The third-order valence-corrected chi connectivity index (χ3v) is 4.56. The molecule has 0 atom stereocenters. The minimum Gasteiger partial charge on any atom is -0.340 e. The molecular weight excluding hydrogens is 352 g/mol. The van der Waals surface area contributed by atoms with Crippen molar-refractivity contribution >= 4 is 0 Å². The molecule has 0 radical (unpaired) electrons. The molecule has 27 heavy (non-hydrogen) atoms. The number of aromatic nitrogens is 4. The van der Waals surface area contributed by atoms with E-state index in [-0.39, 0.29) is 5.56 Å². The van der Waals surface area contributed by atoms with Crippen LogP contribution in [0.1, 0.15) is 37.0 Å². The van der Waals surface area contributed by atoms with E-state index in [2.05, 4.69) is 38.9 Å². The summed E-state index contributed by atoms with van der Waals surface area (Å²) in [7, 11) is 0. The monoisotopic (exact) mass is 373 g/mol. The van der Waals surface area contributed by atoms with Gasteiger partial charge in [-0.25, -0.2) is 13.8 Å². The number of benzene rings is 1. The molecule has 0 amide bonds. The second-order valence-electron chi connectivity index (χ2n) is 7.30. The number of aromatic amines is 1. The Kier molecular flexibility index (Phi) is 4.73. The number of halogens is 2. The Labute approximate surface area is 155 Å². The van der Waals surface area contributed by atoms with Crippen LogP contribution in [0.2, 0.25) is 0 Å². The average Bonchev–Trinajstić information content (AvgIpc) is 3.20. The minimum atomic E-state index is -0.623. The summed E-state index contributed by atoms with van der Waals surface area (Å²) in [6.07, 6.45) is 1.51. The minimum absolute atomic E-state index is 0.272. The summed E-state index contributed by atoms with van der Waals surface area (Å²) >= 11 is 0. The average molecular weight is 373 g/mol. The molecule has 4 rings (SSSR count). The summed E-state index contributed by atoms with van der Waals surface area (Å²) in [5.74, 6) is 0.995. The number of nitrogens with zero attached hydrogens (tertiary/aromatic N) is 4. The first-order chi connectivity index (χ1) is 13.0. The second kappa shape index (κ2) is 7.19. The molecule has 1 N–H and O–H groups in total. The molecule has 0 saturated heterocycles. The predicted molar refractivity (Wildman–Crippen MR) is 94.6 cm³/mol. The van der Waals surface area contributed by atoms with E-state index in [0.29, 0.717) is 36.5 Å². The van der Waals surface area contributed by atoms with Crippen molar-refractivity contribution < 1.29 is 13.3 Å². The van der Waals surface area contributed by atoms with Crippen molar-refractivity contribution in [3.8, 4) is 11.4 Å². The maximum Gasteiger partial charge on any atom is 0.226 e. The van der Waals surface area contributed by atoms with E-state index < -0.39 is 11.6 Å². The molecule has 1 aliphatic heterocycles. The lowest BCUT2D eigenvalue weighted by Gasteiger charge is -2.24. The highest BCUT2D eigenvalue weighted by Crippen LogP contribution is 2.25. The van der Waals surface area contributed by atoms with Crippen LogP contribution >= 0.6 is 0 Å². The first-order valence-electron chi connectivity index (χ1n) is 9.05. The molecule has 0 aliphatic carbocycles. The molecule has 0 fully saturated rings. The Morgan fingerprint density at radius 3 is 2.89 bits per heavy atom. The maximum atomic E-state index is 14.0. The van der Waals surface area contributed by atoms with E-state index in [1.807, 2.05) is 0 Å². The van der Waals surface area contributed by atoms with Crippen molar-refractivity contribution in [1.82, 2.24) is 25.0 Å². The normalized spacial score (nSPS) is 14.7. The van der Waals surface area contributed by atoms with Gasteiger partial charge in [0.05, 0.1) is 23.5 Å². The Balaban J connectivity index is 1.47.